The number of rotatable bonds is 10. The number of hydrogen-bond acceptors (Lipinski definition) is 3. The number of carbonyl (C=O) groups is 3. The van der Waals surface area contributed by atoms with Gasteiger partial charge in [-0.25, -0.2) is 8.78 Å². The molecular weight excluding hydrogens is 432 g/mol. The van der Waals surface area contributed by atoms with Gasteiger partial charge in [-0.05, 0) is 48.7 Å². The summed E-state index contributed by atoms with van der Waals surface area (Å²) < 4.78 is 26.9. The van der Waals surface area contributed by atoms with Gasteiger partial charge in [0.25, 0.3) is 0 Å². The van der Waals surface area contributed by atoms with Gasteiger partial charge in [0.1, 0.15) is 0 Å². The Balaban J connectivity index is 2.20. The Hall–Kier alpha value is -3.00. The summed E-state index contributed by atoms with van der Waals surface area (Å²) in [5.41, 5.74) is 1.29. The van der Waals surface area contributed by atoms with Crippen LogP contribution in [0.2, 0.25) is 5.02 Å². The van der Waals surface area contributed by atoms with Crippen molar-refractivity contribution < 1.29 is 33.4 Å². The number of carboxylic acid groups (broad SMARTS) is 2. The van der Waals surface area contributed by atoms with Crippen LogP contribution < -0.4 is 5.32 Å². The molecule has 0 aliphatic heterocycles. The van der Waals surface area contributed by atoms with Crippen LogP contribution in [0.15, 0.2) is 42.5 Å². The molecule has 0 aromatic heterocycles. The van der Waals surface area contributed by atoms with Crippen LogP contribution >= 0.6 is 11.6 Å². The highest BCUT2D eigenvalue weighted by molar-refractivity contribution is 6.30. The van der Waals surface area contributed by atoms with E-state index in [2.05, 4.69) is 5.32 Å². The first-order valence-corrected chi connectivity index (χ1v) is 9.88. The topological polar surface area (TPSA) is 104 Å². The maximum Gasteiger partial charge on any atom is 0.307 e. The predicted molar refractivity (Wildman–Crippen MR) is 110 cm³/mol. The van der Waals surface area contributed by atoms with E-state index < -0.39 is 54.3 Å². The van der Waals surface area contributed by atoms with E-state index in [-0.39, 0.29) is 12.3 Å². The van der Waals surface area contributed by atoms with Gasteiger partial charge in [-0.1, -0.05) is 29.8 Å². The molecule has 6 nitrogen and oxygen atoms in total. The summed E-state index contributed by atoms with van der Waals surface area (Å²) in [5.74, 6) is -6.98. The molecule has 0 heterocycles. The zero-order valence-corrected chi connectivity index (χ0v) is 17.4. The molecule has 0 saturated heterocycles. The molecule has 2 aromatic carbocycles. The summed E-state index contributed by atoms with van der Waals surface area (Å²) in [4.78, 5) is 34.4. The molecule has 1 amide bonds. The van der Waals surface area contributed by atoms with Gasteiger partial charge >= 0.3 is 11.9 Å². The molecule has 0 fully saturated rings. The molecule has 0 bridgehead atoms. The maximum absolute atomic E-state index is 13.7. The number of amides is 1. The minimum absolute atomic E-state index is 0.262. The lowest BCUT2D eigenvalue weighted by molar-refractivity contribution is -0.149. The van der Waals surface area contributed by atoms with Gasteiger partial charge in [-0.2, -0.15) is 0 Å². The molecule has 0 aliphatic carbocycles. The monoisotopic (exact) mass is 453 g/mol. The summed E-state index contributed by atoms with van der Waals surface area (Å²) in [6, 6.07) is 9.86. The smallest absolute Gasteiger partial charge is 0.307 e. The van der Waals surface area contributed by atoms with E-state index >= 15 is 0 Å². The Bertz CT molecular complexity index is 951. The molecule has 0 saturated carbocycles. The molecule has 2 rings (SSSR count). The van der Waals surface area contributed by atoms with Gasteiger partial charge in [0.15, 0.2) is 11.6 Å². The SMILES string of the molecule is CC(NC(=O)CC(CC(=O)O)C(=O)O)C(Cc1ccc(F)c(F)c1)c1ccc(Cl)cc1. The third-order valence-electron chi connectivity index (χ3n) is 4.93. The van der Waals surface area contributed by atoms with Crippen molar-refractivity contribution in [3.8, 4) is 0 Å². The van der Waals surface area contributed by atoms with E-state index in [0.29, 0.717) is 10.6 Å². The van der Waals surface area contributed by atoms with Crippen molar-refractivity contribution in [2.75, 3.05) is 0 Å². The lowest BCUT2D eigenvalue weighted by Gasteiger charge is -2.26. The van der Waals surface area contributed by atoms with E-state index in [1.807, 2.05) is 0 Å². The van der Waals surface area contributed by atoms with Crippen LogP contribution in [0.5, 0.6) is 0 Å². The summed E-state index contributed by atoms with van der Waals surface area (Å²) in [7, 11) is 0. The molecule has 0 spiro atoms. The van der Waals surface area contributed by atoms with Crippen LogP contribution in [0.3, 0.4) is 0 Å². The standard InChI is InChI=1S/C22H22ClF2NO5/c1-12(26-20(27)10-15(22(30)31)11-21(28)29)17(14-3-5-16(23)6-4-14)8-13-2-7-18(24)19(25)9-13/h2-7,9,12,15,17H,8,10-11H2,1H3,(H,26,27)(H,28,29)(H,30,31). The third-order valence-corrected chi connectivity index (χ3v) is 5.18. The number of carbonyl (C=O) groups excluding carboxylic acids is 1. The zero-order valence-electron chi connectivity index (χ0n) is 16.6. The molecular formula is C22H22ClF2NO5. The number of hydrogen-bond donors (Lipinski definition) is 3. The van der Waals surface area contributed by atoms with Crippen molar-refractivity contribution in [1.82, 2.24) is 5.32 Å². The van der Waals surface area contributed by atoms with Crippen LogP contribution in [-0.4, -0.2) is 34.1 Å². The fraction of sp³-hybridized carbons (Fsp3) is 0.318. The molecule has 3 N–H and O–H groups in total. The summed E-state index contributed by atoms with van der Waals surface area (Å²) in [6.45, 7) is 1.70. The van der Waals surface area contributed by atoms with Crippen molar-refractivity contribution >= 4 is 29.4 Å². The average Bonchev–Trinajstić information content (AvgIpc) is 2.68. The van der Waals surface area contributed by atoms with Crippen molar-refractivity contribution in [3.05, 3.63) is 70.2 Å². The molecule has 166 valence electrons. The van der Waals surface area contributed by atoms with Gasteiger partial charge in [0.2, 0.25) is 5.91 Å². The van der Waals surface area contributed by atoms with Gasteiger partial charge in [-0.15, -0.1) is 0 Å². The van der Waals surface area contributed by atoms with E-state index in [1.165, 1.54) is 6.07 Å². The fourth-order valence-corrected chi connectivity index (χ4v) is 3.43. The highest BCUT2D eigenvalue weighted by Crippen LogP contribution is 2.27. The molecule has 0 radical (unpaired) electrons. The normalized spacial score (nSPS) is 13.8. The fourth-order valence-electron chi connectivity index (χ4n) is 3.31. The Morgan fingerprint density at radius 2 is 1.65 bits per heavy atom. The Labute approximate surface area is 182 Å². The molecule has 3 unspecified atom stereocenters. The molecule has 2 aromatic rings. The lowest BCUT2D eigenvalue weighted by Crippen LogP contribution is -2.39. The maximum atomic E-state index is 13.7. The van der Waals surface area contributed by atoms with Crippen LogP contribution in [0, 0.1) is 17.6 Å². The average molecular weight is 454 g/mol. The van der Waals surface area contributed by atoms with Crippen LogP contribution in [0.25, 0.3) is 0 Å². The quantitative estimate of drug-likeness (QED) is 0.504. The second-order valence-corrected chi connectivity index (χ2v) is 7.74. The van der Waals surface area contributed by atoms with Crippen molar-refractivity contribution in [2.24, 2.45) is 5.92 Å². The molecule has 3 atom stereocenters. The minimum atomic E-state index is -1.37. The first-order chi connectivity index (χ1) is 14.6. The summed E-state index contributed by atoms with van der Waals surface area (Å²) in [6.07, 6.45) is -0.908. The number of aliphatic carboxylic acids is 2. The van der Waals surface area contributed by atoms with Gasteiger partial charge in [0, 0.05) is 23.4 Å². The number of halogens is 3. The van der Waals surface area contributed by atoms with E-state index in [4.69, 9.17) is 21.8 Å². The molecule has 0 aliphatic rings. The third kappa shape index (κ3) is 7.32. The second-order valence-electron chi connectivity index (χ2n) is 7.30. The Kier molecular flexibility index (Phi) is 8.50. The van der Waals surface area contributed by atoms with E-state index in [9.17, 15) is 23.2 Å². The first kappa shape index (κ1) is 24.3. The Morgan fingerprint density at radius 1 is 1.00 bits per heavy atom. The van der Waals surface area contributed by atoms with Crippen LogP contribution in [-0.2, 0) is 20.8 Å². The Morgan fingerprint density at radius 3 is 2.19 bits per heavy atom. The highest BCUT2D eigenvalue weighted by Gasteiger charge is 2.27. The van der Waals surface area contributed by atoms with Gasteiger partial charge in [-0.3, -0.25) is 14.4 Å². The summed E-state index contributed by atoms with van der Waals surface area (Å²) in [5, 5.41) is 21.2. The number of nitrogens with one attached hydrogen (secondary N) is 1. The van der Waals surface area contributed by atoms with Crippen molar-refractivity contribution in [1.29, 1.82) is 0 Å². The number of benzene rings is 2. The van der Waals surface area contributed by atoms with Crippen molar-refractivity contribution in [2.45, 2.75) is 38.1 Å². The lowest BCUT2D eigenvalue weighted by atomic mass is 9.86. The summed E-state index contributed by atoms with van der Waals surface area (Å²) >= 11 is 5.94. The second kappa shape index (κ2) is 10.9. The predicted octanol–water partition coefficient (Wildman–Crippen LogP) is 4.01. The van der Waals surface area contributed by atoms with Crippen molar-refractivity contribution in [3.63, 3.8) is 0 Å². The van der Waals surface area contributed by atoms with Crippen LogP contribution in [0.4, 0.5) is 8.78 Å². The molecule has 9 heteroatoms. The zero-order chi connectivity index (χ0) is 23.1. The largest absolute Gasteiger partial charge is 0.481 e. The van der Waals surface area contributed by atoms with Crippen LogP contribution in [0.1, 0.15) is 36.8 Å². The minimum Gasteiger partial charge on any atom is -0.481 e. The van der Waals surface area contributed by atoms with E-state index in [0.717, 1.165) is 17.7 Å². The first-order valence-electron chi connectivity index (χ1n) is 9.50. The highest BCUT2D eigenvalue weighted by atomic mass is 35.5. The van der Waals surface area contributed by atoms with E-state index in [1.54, 1.807) is 31.2 Å². The number of carboxylic acids is 2. The van der Waals surface area contributed by atoms with Gasteiger partial charge in [0.05, 0.1) is 12.3 Å². The molecule has 31 heavy (non-hydrogen) atoms. The van der Waals surface area contributed by atoms with Gasteiger partial charge < -0.3 is 15.5 Å².